The van der Waals surface area contributed by atoms with Crippen molar-refractivity contribution in [2.45, 2.75) is 11.8 Å². The zero-order chi connectivity index (χ0) is 21.2. The standard InChI is InChI=1S/C25H21O3PS/c1-20-11-10-16-23(19-20)29(21-12-4-2-5-13-21,22-14-6-3-7-15-22)24-17-8-9-18-25(24)30(26,27)28/h2-19H,1H3/p+1. The third-order valence-corrected chi connectivity index (χ3v) is 10.6. The quantitative estimate of drug-likeness (QED) is 0.384. The highest BCUT2D eigenvalue weighted by Crippen LogP contribution is 2.55. The summed E-state index contributed by atoms with van der Waals surface area (Å²) >= 11 is 0. The van der Waals surface area contributed by atoms with E-state index in [-0.39, 0.29) is 4.90 Å². The van der Waals surface area contributed by atoms with E-state index in [1.54, 1.807) is 6.07 Å². The van der Waals surface area contributed by atoms with Gasteiger partial charge >= 0.3 is 0 Å². The van der Waals surface area contributed by atoms with E-state index < -0.39 is 17.4 Å². The molecule has 0 heterocycles. The van der Waals surface area contributed by atoms with Crippen LogP contribution in [0.2, 0.25) is 0 Å². The van der Waals surface area contributed by atoms with Gasteiger partial charge in [-0.25, -0.2) is 0 Å². The Morgan fingerprint density at radius 1 is 0.633 bits per heavy atom. The predicted molar refractivity (Wildman–Crippen MR) is 126 cm³/mol. The minimum atomic E-state index is -4.42. The molecule has 0 amide bonds. The normalized spacial score (nSPS) is 11.9. The molecule has 150 valence electrons. The van der Waals surface area contributed by atoms with Crippen molar-refractivity contribution in [1.82, 2.24) is 0 Å². The molecule has 0 radical (unpaired) electrons. The molecule has 0 atom stereocenters. The highest BCUT2D eigenvalue weighted by atomic mass is 32.2. The summed E-state index contributed by atoms with van der Waals surface area (Å²) in [7, 11) is -7.03. The van der Waals surface area contributed by atoms with Gasteiger partial charge in [-0.15, -0.1) is 0 Å². The lowest BCUT2D eigenvalue weighted by Crippen LogP contribution is -2.40. The molecule has 3 nitrogen and oxygen atoms in total. The number of hydrogen-bond donors (Lipinski definition) is 1. The van der Waals surface area contributed by atoms with Gasteiger partial charge in [0.2, 0.25) is 0 Å². The van der Waals surface area contributed by atoms with Crippen LogP contribution in [0.15, 0.2) is 114 Å². The molecule has 0 spiro atoms. The molecular weight excluding hydrogens is 411 g/mol. The average Bonchev–Trinajstić information content (AvgIpc) is 2.76. The van der Waals surface area contributed by atoms with Crippen LogP contribution < -0.4 is 21.2 Å². The number of rotatable bonds is 5. The van der Waals surface area contributed by atoms with E-state index in [2.05, 4.69) is 12.1 Å². The van der Waals surface area contributed by atoms with Crippen LogP contribution in [-0.2, 0) is 10.1 Å². The Morgan fingerprint density at radius 3 is 1.67 bits per heavy atom. The van der Waals surface area contributed by atoms with Crippen molar-refractivity contribution in [1.29, 1.82) is 0 Å². The van der Waals surface area contributed by atoms with E-state index in [0.29, 0.717) is 5.30 Å². The van der Waals surface area contributed by atoms with Gasteiger partial charge in [0.05, 0.1) is 0 Å². The molecule has 0 aliphatic heterocycles. The van der Waals surface area contributed by atoms with Crippen molar-refractivity contribution < 1.29 is 13.0 Å². The first kappa shape index (κ1) is 20.5. The molecule has 4 aromatic rings. The summed E-state index contributed by atoms with van der Waals surface area (Å²) in [6.45, 7) is 2.03. The fourth-order valence-electron chi connectivity index (χ4n) is 3.96. The molecule has 0 aliphatic carbocycles. The highest BCUT2D eigenvalue weighted by Gasteiger charge is 2.50. The number of aryl methyl sites for hydroxylation is 1. The van der Waals surface area contributed by atoms with E-state index in [0.717, 1.165) is 21.5 Å². The highest BCUT2D eigenvalue weighted by molar-refractivity contribution is 8.02. The van der Waals surface area contributed by atoms with E-state index in [1.165, 1.54) is 6.07 Å². The van der Waals surface area contributed by atoms with Crippen molar-refractivity contribution in [2.75, 3.05) is 0 Å². The van der Waals surface area contributed by atoms with Crippen LogP contribution in [-0.4, -0.2) is 13.0 Å². The first-order valence-electron chi connectivity index (χ1n) is 9.58. The van der Waals surface area contributed by atoms with Gasteiger partial charge in [-0.05, 0) is 61.0 Å². The second-order valence-corrected chi connectivity index (χ2v) is 11.9. The van der Waals surface area contributed by atoms with E-state index in [9.17, 15) is 13.0 Å². The van der Waals surface area contributed by atoms with Gasteiger partial charge in [-0.1, -0.05) is 60.7 Å². The van der Waals surface area contributed by atoms with E-state index in [4.69, 9.17) is 0 Å². The van der Waals surface area contributed by atoms with Crippen LogP contribution in [0.1, 0.15) is 5.56 Å². The molecule has 0 unspecified atom stereocenters. The lowest BCUT2D eigenvalue weighted by molar-refractivity contribution is 0.484. The second-order valence-electron chi connectivity index (χ2n) is 7.12. The Bertz CT molecular complexity index is 1230. The molecule has 30 heavy (non-hydrogen) atoms. The minimum absolute atomic E-state index is 0.0486. The maximum absolute atomic E-state index is 12.4. The van der Waals surface area contributed by atoms with Crippen LogP contribution >= 0.6 is 7.26 Å². The van der Waals surface area contributed by atoms with Crippen LogP contribution in [0, 0.1) is 6.92 Å². The van der Waals surface area contributed by atoms with Crippen LogP contribution in [0.3, 0.4) is 0 Å². The van der Waals surface area contributed by atoms with Crippen molar-refractivity contribution >= 4 is 38.6 Å². The Morgan fingerprint density at radius 2 is 1.13 bits per heavy atom. The molecule has 0 saturated carbocycles. The zero-order valence-electron chi connectivity index (χ0n) is 16.5. The first-order chi connectivity index (χ1) is 14.4. The van der Waals surface area contributed by atoms with Gasteiger partial charge < -0.3 is 0 Å². The molecule has 0 saturated heterocycles. The summed E-state index contributed by atoms with van der Waals surface area (Å²) in [4.78, 5) is -0.0486. The molecular formula is C25H22O3PS+. The Hall–Kier alpha value is -2.78. The largest absolute Gasteiger partial charge is 0.298 e. The van der Waals surface area contributed by atoms with Gasteiger partial charge in [-0.3, -0.25) is 4.55 Å². The fraction of sp³-hybridized carbons (Fsp3) is 0.0400. The molecule has 0 bridgehead atoms. The van der Waals surface area contributed by atoms with Crippen molar-refractivity contribution in [3.63, 3.8) is 0 Å². The monoisotopic (exact) mass is 433 g/mol. The summed E-state index contributed by atoms with van der Waals surface area (Å²) in [6.07, 6.45) is 0. The second kappa shape index (κ2) is 8.16. The number of benzene rings is 4. The molecule has 1 N–H and O–H groups in total. The van der Waals surface area contributed by atoms with Gasteiger partial charge in [0.1, 0.15) is 33.4 Å². The molecule has 0 fully saturated rings. The lowest BCUT2D eigenvalue weighted by atomic mass is 10.2. The van der Waals surface area contributed by atoms with Crippen molar-refractivity contribution in [3.8, 4) is 0 Å². The van der Waals surface area contributed by atoms with Crippen LogP contribution in [0.25, 0.3) is 0 Å². The molecule has 5 heteroatoms. The zero-order valence-corrected chi connectivity index (χ0v) is 18.2. The molecule has 0 aromatic heterocycles. The maximum atomic E-state index is 12.4. The van der Waals surface area contributed by atoms with Crippen LogP contribution in [0.5, 0.6) is 0 Å². The summed E-state index contributed by atoms with van der Waals surface area (Å²) < 4.78 is 35.0. The smallest absolute Gasteiger partial charge is 0.282 e. The SMILES string of the molecule is Cc1cccc([P+](c2ccccc2)(c2ccccc2)c2ccccc2S(=O)(=O)O)c1. The fourth-order valence-corrected chi connectivity index (χ4v) is 9.69. The predicted octanol–water partition coefficient (Wildman–Crippen LogP) is 3.86. The molecule has 4 rings (SSSR count). The van der Waals surface area contributed by atoms with E-state index >= 15 is 0 Å². The van der Waals surface area contributed by atoms with E-state index in [1.807, 2.05) is 91.9 Å². The van der Waals surface area contributed by atoms with Crippen LogP contribution in [0.4, 0.5) is 0 Å². The minimum Gasteiger partial charge on any atom is -0.282 e. The topological polar surface area (TPSA) is 54.4 Å². The summed E-state index contributed by atoms with van der Waals surface area (Å²) in [5.74, 6) is 0. The van der Waals surface area contributed by atoms with Gasteiger partial charge in [0, 0.05) is 0 Å². The number of hydrogen-bond acceptors (Lipinski definition) is 2. The molecule has 4 aromatic carbocycles. The summed E-state index contributed by atoms with van der Waals surface area (Å²) in [5, 5.41) is 3.71. The summed E-state index contributed by atoms with van der Waals surface area (Å²) in [6, 6.07) is 35.0. The average molecular weight is 433 g/mol. The van der Waals surface area contributed by atoms with Gasteiger partial charge in [0.15, 0.2) is 0 Å². The summed E-state index contributed by atoms with van der Waals surface area (Å²) in [5.41, 5.74) is 1.09. The third kappa shape index (κ3) is 3.59. The first-order valence-corrected chi connectivity index (χ1v) is 12.8. The van der Waals surface area contributed by atoms with Gasteiger partial charge in [-0.2, -0.15) is 8.42 Å². The Balaban J connectivity index is 2.24. The van der Waals surface area contributed by atoms with Crippen molar-refractivity contribution in [2.24, 2.45) is 0 Å². The Labute approximate surface area is 178 Å². The maximum Gasteiger partial charge on any atom is 0.298 e. The lowest BCUT2D eigenvalue weighted by Gasteiger charge is -2.28. The van der Waals surface area contributed by atoms with Crippen molar-refractivity contribution in [3.05, 3.63) is 115 Å². The third-order valence-electron chi connectivity index (χ3n) is 5.18. The Kier molecular flexibility index (Phi) is 5.57. The van der Waals surface area contributed by atoms with Gasteiger partial charge in [0.25, 0.3) is 10.1 Å². The molecule has 0 aliphatic rings.